The van der Waals surface area contributed by atoms with Crippen LogP contribution < -0.4 is 10.6 Å². The van der Waals surface area contributed by atoms with Crippen LogP contribution in [0.2, 0.25) is 0 Å². The summed E-state index contributed by atoms with van der Waals surface area (Å²) in [6.45, 7) is 0.829. The second-order valence-corrected chi connectivity index (χ2v) is 8.45. The minimum Gasteiger partial charge on any atom is -0.369 e. The van der Waals surface area contributed by atoms with Crippen molar-refractivity contribution < 1.29 is 9.18 Å². The lowest BCUT2D eigenvalue weighted by molar-refractivity contribution is 0.0957. The number of carbonyl (C=O) groups is 1. The number of hydrogen-bond acceptors (Lipinski definition) is 5. The number of nitrogens with zero attached hydrogens (tertiary/aromatic N) is 1. The van der Waals surface area contributed by atoms with Gasteiger partial charge in [0.05, 0.1) is 9.58 Å². The highest BCUT2D eigenvalue weighted by Gasteiger charge is 2.10. The summed E-state index contributed by atoms with van der Waals surface area (Å²) in [5.74, 6) is 0.817. The fourth-order valence-corrected chi connectivity index (χ4v) is 4.69. The molecule has 0 aliphatic heterocycles. The van der Waals surface area contributed by atoms with Gasteiger partial charge in [-0.05, 0) is 59.4 Å². The van der Waals surface area contributed by atoms with E-state index in [2.05, 4.69) is 27.1 Å². The molecule has 4 nitrogen and oxygen atoms in total. The lowest BCUT2D eigenvalue weighted by atomic mass is 10.1. The molecule has 0 spiro atoms. The van der Waals surface area contributed by atoms with E-state index in [9.17, 15) is 9.18 Å². The third kappa shape index (κ3) is 4.63. The summed E-state index contributed by atoms with van der Waals surface area (Å²) in [7, 11) is 0. The van der Waals surface area contributed by atoms with Gasteiger partial charge in [-0.1, -0.05) is 30.3 Å². The topological polar surface area (TPSA) is 54.0 Å². The Balaban J connectivity index is 1.26. The number of alkyl halides is 1. The van der Waals surface area contributed by atoms with Gasteiger partial charge in [-0.25, -0.2) is 4.39 Å². The van der Waals surface area contributed by atoms with Gasteiger partial charge >= 0.3 is 0 Å². The third-order valence-corrected chi connectivity index (χ3v) is 6.46. The summed E-state index contributed by atoms with van der Waals surface area (Å²) in [4.78, 5) is 14.0. The van der Waals surface area contributed by atoms with Crippen molar-refractivity contribution in [2.75, 3.05) is 18.4 Å². The summed E-state index contributed by atoms with van der Waals surface area (Å²) >= 11 is 2.90. The van der Waals surface area contributed by atoms with E-state index in [1.807, 2.05) is 42.5 Å². The lowest BCUT2D eigenvalue weighted by Gasteiger charge is -2.05. The van der Waals surface area contributed by atoms with Gasteiger partial charge in [0.15, 0.2) is 0 Å². The van der Waals surface area contributed by atoms with Crippen LogP contribution in [0.3, 0.4) is 0 Å². The zero-order valence-electron chi connectivity index (χ0n) is 15.7. The molecule has 29 heavy (non-hydrogen) atoms. The standard InChI is InChI=1S/C22H20FN3OS2/c23-14-15-5-3-6-16(13-15)18-9-10-20(28-18)22(27)25-12-4-11-24-21-17-7-1-2-8-19(17)29-26-21/h1-3,5-10,13H,4,11-12,14H2,(H,24,26)(H,25,27). The Morgan fingerprint density at radius 3 is 2.83 bits per heavy atom. The molecule has 4 rings (SSSR count). The van der Waals surface area contributed by atoms with E-state index >= 15 is 0 Å². The molecule has 0 atom stereocenters. The van der Waals surface area contributed by atoms with Gasteiger partial charge in [-0.3, -0.25) is 4.79 Å². The van der Waals surface area contributed by atoms with Crippen LogP contribution in [0.15, 0.2) is 60.7 Å². The Kier molecular flexibility index (Phi) is 6.17. The Morgan fingerprint density at radius 1 is 1.03 bits per heavy atom. The molecule has 2 heterocycles. The molecular formula is C22H20FN3OS2. The maximum atomic E-state index is 12.9. The van der Waals surface area contributed by atoms with Gasteiger partial charge in [-0.2, -0.15) is 4.37 Å². The number of rotatable bonds is 8. The van der Waals surface area contributed by atoms with Crippen LogP contribution in [0.4, 0.5) is 10.2 Å². The summed E-state index contributed by atoms with van der Waals surface area (Å²) in [5, 5.41) is 7.42. The molecular weight excluding hydrogens is 405 g/mol. The second kappa shape index (κ2) is 9.15. The fourth-order valence-electron chi connectivity index (χ4n) is 3.02. The number of hydrogen-bond donors (Lipinski definition) is 2. The third-order valence-electron chi connectivity index (χ3n) is 4.50. The SMILES string of the molecule is O=C(NCCCNc1nsc2ccccc12)c1ccc(-c2cccc(CF)c2)s1. The van der Waals surface area contributed by atoms with Crippen molar-refractivity contribution in [3.05, 3.63) is 71.1 Å². The number of carbonyl (C=O) groups excluding carboxylic acids is 1. The highest BCUT2D eigenvalue weighted by molar-refractivity contribution is 7.17. The molecule has 0 fully saturated rings. The fraction of sp³-hybridized carbons (Fsp3) is 0.182. The maximum Gasteiger partial charge on any atom is 0.261 e. The van der Waals surface area contributed by atoms with E-state index in [1.54, 1.807) is 6.07 Å². The lowest BCUT2D eigenvalue weighted by Crippen LogP contribution is -2.25. The molecule has 1 amide bonds. The number of halogens is 1. The monoisotopic (exact) mass is 425 g/mol. The first-order valence-corrected chi connectivity index (χ1v) is 10.9. The molecule has 0 radical (unpaired) electrons. The molecule has 2 aromatic heterocycles. The van der Waals surface area contributed by atoms with Gasteiger partial charge in [0, 0.05) is 23.4 Å². The van der Waals surface area contributed by atoms with E-state index in [0.29, 0.717) is 17.0 Å². The van der Waals surface area contributed by atoms with Gasteiger partial charge < -0.3 is 10.6 Å². The molecule has 4 aromatic rings. The quantitative estimate of drug-likeness (QED) is 0.355. The minimum atomic E-state index is -0.489. The first-order chi connectivity index (χ1) is 14.2. The van der Waals surface area contributed by atoms with Crippen LogP contribution in [0.1, 0.15) is 21.7 Å². The van der Waals surface area contributed by atoms with Crippen LogP contribution in [0.5, 0.6) is 0 Å². The highest BCUT2D eigenvalue weighted by Crippen LogP contribution is 2.29. The summed E-state index contributed by atoms with van der Waals surface area (Å²) in [6.07, 6.45) is 0.800. The molecule has 0 aliphatic carbocycles. The minimum absolute atomic E-state index is 0.0815. The molecule has 7 heteroatoms. The van der Waals surface area contributed by atoms with Crippen LogP contribution in [0, 0.1) is 0 Å². The van der Waals surface area contributed by atoms with E-state index in [1.165, 1.54) is 22.9 Å². The zero-order valence-corrected chi connectivity index (χ0v) is 17.3. The first-order valence-electron chi connectivity index (χ1n) is 9.36. The van der Waals surface area contributed by atoms with Crippen molar-refractivity contribution in [2.45, 2.75) is 13.1 Å². The molecule has 0 saturated carbocycles. The van der Waals surface area contributed by atoms with E-state index in [-0.39, 0.29) is 5.91 Å². The molecule has 2 N–H and O–H groups in total. The predicted octanol–water partition coefficient (Wildman–Crippen LogP) is 5.73. The Hall–Kier alpha value is -2.77. The van der Waals surface area contributed by atoms with E-state index in [4.69, 9.17) is 0 Å². The normalized spacial score (nSPS) is 10.9. The van der Waals surface area contributed by atoms with Crippen molar-refractivity contribution in [1.82, 2.24) is 9.69 Å². The molecule has 0 unspecified atom stereocenters. The van der Waals surface area contributed by atoms with Crippen LogP contribution in [-0.4, -0.2) is 23.4 Å². The average molecular weight is 426 g/mol. The van der Waals surface area contributed by atoms with Crippen molar-refractivity contribution in [3.63, 3.8) is 0 Å². The number of benzene rings is 2. The number of fused-ring (bicyclic) bond motifs is 1. The number of nitrogens with one attached hydrogen (secondary N) is 2. The van der Waals surface area contributed by atoms with E-state index in [0.717, 1.165) is 39.3 Å². The van der Waals surface area contributed by atoms with Gasteiger partial charge in [0.1, 0.15) is 12.5 Å². The van der Waals surface area contributed by atoms with Gasteiger partial charge in [-0.15, -0.1) is 11.3 Å². The Morgan fingerprint density at radius 2 is 1.93 bits per heavy atom. The number of amides is 1. The predicted molar refractivity (Wildman–Crippen MR) is 120 cm³/mol. The summed E-state index contributed by atoms with van der Waals surface area (Å²) < 4.78 is 18.5. The molecule has 2 aromatic carbocycles. The Labute approximate surface area is 176 Å². The van der Waals surface area contributed by atoms with Crippen LogP contribution in [-0.2, 0) is 6.67 Å². The average Bonchev–Trinajstić information content (AvgIpc) is 3.41. The number of thiophene rings is 1. The Bertz CT molecular complexity index is 1120. The van der Waals surface area contributed by atoms with Crippen molar-refractivity contribution in [3.8, 4) is 10.4 Å². The summed E-state index contributed by atoms with van der Waals surface area (Å²) in [6, 6.07) is 19.2. The zero-order chi connectivity index (χ0) is 20.1. The number of anilines is 1. The van der Waals surface area contributed by atoms with Crippen molar-refractivity contribution in [1.29, 1.82) is 0 Å². The van der Waals surface area contributed by atoms with E-state index < -0.39 is 6.67 Å². The maximum absolute atomic E-state index is 12.9. The van der Waals surface area contributed by atoms with Crippen LogP contribution in [0.25, 0.3) is 20.5 Å². The summed E-state index contributed by atoms with van der Waals surface area (Å²) in [5.41, 5.74) is 1.58. The van der Waals surface area contributed by atoms with Gasteiger partial charge in [0.2, 0.25) is 0 Å². The largest absolute Gasteiger partial charge is 0.369 e. The molecule has 0 saturated heterocycles. The van der Waals surface area contributed by atoms with Crippen LogP contribution >= 0.6 is 22.9 Å². The highest BCUT2D eigenvalue weighted by atomic mass is 32.1. The first kappa shape index (κ1) is 19.5. The van der Waals surface area contributed by atoms with Crippen molar-refractivity contribution >= 4 is 44.7 Å². The van der Waals surface area contributed by atoms with Crippen molar-refractivity contribution in [2.24, 2.45) is 0 Å². The second-order valence-electron chi connectivity index (χ2n) is 6.56. The van der Waals surface area contributed by atoms with Gasteiger partial charge in [0.25, 0.3) is 5.91 Å². The smallest absolute Gasteiger partial charge is 0.261 e. The molecule has 0 bridgehead atoms. The molecule has 148 valence electrons. The molecule has 0 aliphatic rings. The number of aromatic nitrogens is 1.